The molecule has 2 rings (SSSR count). The Bertz CT molecular complexity index is 582. The molecule has 0 aliphatic carbocycles. The zero-order chi connectivity index (χ0) is 14.5. The van der Waals surface area contributed by atoms with Gasteiger partial charge in [0.05, 0.1) is 19.0 Å². The molecule has 0 unspecified atom stereocenters. The average molecular weight is 290 g/mol. The van der Waals surface area contributed by atoms with Gasteiger partial charge in [0, 0.05) is 34.1 Å². The summed E-state index contributed by atoms with van der Waals surface area (Å²) < 4.78 is 16.4. The fraction of sp³-hybridized carbons (Fsp3) is 0.267. The van der Waals surface area contributed by atoms with Crippen molar-refractivity contribution in [2.75, 3.05) is 18.7 Å². The molecule has 1 heterocycles. The summed E-state index contributed by atoms with van der Waals surface area (Å²) in [6.07, 6.45) is 3.42. The molecule has 2 aromatic rings. The Balaban J connectivity index is 2.06. The van der Waals surface area contributed by atoms with Crippen molar-refractivity contribution in [1.29, 1.82) is 0 Å². The highest BCUT2D eigenvalue weighted by atomic mass is 32.2. The summed E-state index contributed by atoms with van der Waals surface area (Å²) >= 11 is 0. The maximum atomic E-state index is 11.4. The van der Waals surface area contributed by atoms with Crippen LogP contribution in [0.3, 0.4) is 0 Å². The van der Waals surface area contributed by atoms with Crippen molar-refractivity contribution in [2.45, 2.75) is 17.9 Å². The number of methoxy groups -OCH3 is 1. The normalized spacial score (nSPS) is 13.6. The SMILES string of the molecule is COc1ccc(N[C@@H](C)c2ccc([S@@](C)=O)cc2)cn1. The summed E-state index contributed by atoms with van der Waals surface area (Å²) in [5.74, 6) is 0.595. The number of benzene rings is 1. The molecule has 1 N–H and O–H groups in total. The van der Waals surface area contributed by atoms with Gasteiger partial charge in [-0.05, 0) is 30.7 Å². The lowest BCUT2D eigenvalue weighted by Crippen LogP contribution is -2.07. The molecule has 5 heteroatoms. The van der Waals surface area contributed by atoms with Crippen molar-refractivity contribution in [1.82, 2.24) is 4.98 Å². The summed E-state index contributed by atoms with van der Waals surface area (Å²) in [5, 5.41) is 3.36. The summed E-state index contributed by atoms with van der Waals surface area (Å²) in [4.78, 5) is 5.00. The molecule has 2 atom stereocenters. The molecule has 0 saturated heterocycles. The number of hydrogen-bond acceptors (Lipinski definition) is 4. The molecule has 0 aliphatic rings. The third-order valence-electron chi connectivity index (χ3n) is 3.04. The third kappa shape index (κ3) is 3.57. The van der Waals surface area contributed by atoms with E-state index in [0.29, 0.717) is 5.88 Å². The monoisotopic (exact) mass is 290 g/mol. The second-order valence-electron chi connectivity index (χ2n) is 4.48. The van der Waals surface area contributed by atoms with E-state index in [-0.39, 0.29) is 6.04 Å². The van der Waals surface area contributed by atoms with E-state index in [1.807, 2.05) is 36.4 Å². The van der Waals surface area contributed by atoms with Crippen LogP contribution in [0.15, 0.2) is 47.5 Å². The van der Waals surface area contributed by atoms with E-state index >= 15 is 0 Å². The Kier molecular flexibility index (Phi) is 4.74. The molecule has 0 amide bonds. The molecule has 0 fully saturated rings. The molecular formula is C15H18N2O2S. The van der Waals surface area contributed by atoms with Gasteiger partial charge in [0.2, 0.25) is 5.88 Å². The smallest absolute Gasteiger partial charge is 0.213 e. The van der Waals surface area contributed by atoms with Crippen molar-refractivity contribution in [3.8, 4) is 5.88 Å². The van der Waals surface area contributed by atoms with Gasteiger partial charge in [0.1, 0.15) is 0 Å². The van der Waals surface area contributed by atoms with E-state index in [1.165, 1.54) is 0 Å². The average Bonchev–Trinajstić information content (AvgIpc) is 2.48. The maximum absolute atomic E-state index is 11.4. The van der Waals surface area contributed by atoms with E-state index in [4.69, 9.17) is 4.74 Å². The Morgan fingerprint density at radius 1 is 1.20 bits per heavy atom. The van der Waals surface area contributed by atoms with Crippen LogP contribution in [-0.2, 0) is 10.8 Å². The largest absolute Gasteiger partial charge is 0.481 e. The van der Waals surface area contributed by atoms with Gasteiger partial charge in [-0.25, -0.2) is 4.98 Å². The molecule has 0 radical (unpaired) electrons. The maximum Gasteiger partial charge on any atom is 0.213 e. The van der Waals surface area contributed by atoms with Crippen LogP contribution in [0.4, 0.5) is 5.69 Å². The molecule has 0 spiro atoms. The predicted octanol–water partition coefficient (Wildman–Crippen LogP) is 3.00. The van der Waals surface area contributed by atoms with Gasteiger partial charge in [-0.3, -0.25) is 4.21 Å². The molecule has 106 valence electrons. The van der Waals surface area contributed by atoms with Gasteiger partial charge in [-0.2, -0.15) is 0 Å². The molecule has 4 nitrogen and oxygen atoms in total. The van der Waals surface area contributed by atoms with Crippen LogP contribution >= 0.6 is 0 Å². The second-order valence-corrected chi connectivity index (χ2v) is 5.86. The van der Waals surface area contributed by atoms with Crippen LogP contribution in [-0.4, -0.2) is 22.6 Å². The molecule has 1 aromatic carbocycles. The molecule has 0 saturated carbocycles. The van der Waals surface area contributed by atoms with Crippen molar-refractivity contribution in [2.24, 2.45) is 0 Å². The van der Waals surface area contributed by atoms with Crippen LogP contribution in [0, 0.1) is 0 Å². The molecule has 0 aliphatic heterocycles. The number of nitrogens with zero attached hydrogens (tertiary/aromatic N) is 1. The summed E-state index contributed by atoms with van der Waals surface area (Å²) in [6.45, 7) is 2.07. The number of nitrogens with one attached hydrogen (secondary N) is 1. The van der Waals surface area contributed by atoms with Crippen LogP contribution in [0.1, 0.15) is 18.5 Å². The standard InChI is InChI=1S/C15H18N2O2S/c1-11(12-4-7-14(8-5-12)20(3)18)17-13-6-9-15(19-2)16-10-13/h4-11,17H,1-3H3/t11-,20+/m0/s1. The number of anilines is 1. The van der Waals surface area contributed by atoms with E-state index in [9.17, 15) is 4.21 Å². The number of hydrogen-bond donors (Lipinski definition) is 1. The van der Waals surface area contributed by atoms with Gasteiger partial charge in [0.25, 0.3) is 0 Å². The minimum atomic E-state index is -0.936. The second kappa shape index (κ2) is 6.52. The Morgan fingerprint density at radius 2 is 1.90 bits per heavy atom. The topological polar surface area (TPSA) is 51.2 Å². The minimum absolute atomic E-state index is 0.143. The zero-order valence-corrected chi connectivity index (χ0v) is 12.6. The van der Waals surface area contributed by atoms with Gasteiger partial charge in [-0.1, -0.05) is 12.1 Å². The fourth-order valence-electron chi connectivity index (χ4n) is 1.87. The quantitative estimate of drug-likeness (QED) is 0.919. The lowest BCUT2D eigenvalue weighted by Gasteiger charge is -2.16. The third-order valence-corrected chi connectivity index (χ3v) is 3.98. The van der Waals surface area contributed by atoms with Crippen LogP contribution in [0.25, 0.3) is 0 Å². The highest BCUT2D eigenvalue weighted by Gasteiger charge is 2.06. The summed E-state index contributed by atoms with van der Waals surface area (Å²) in [6, 6.07) is 11.7. The Labute approximate surface area is 121 Å². The Morgan fingerprint density at radius 3 is 2.40 bits per heavy atom. The minimum Gasteiger partial charge on any atom is -0.481 e. The van der Waals surface area contributed by atoms with Crippen LogP contribution < -0.4 is 10.1 Å². The van der Waals surface area contributed by atoms with Crippen molar-refractivity contribution in [3.63, 3.8) is 0 Å². The fourth-order valence-corrected chi connectivity index (χ4v) is 2.39. The number of pyridine rings is 1. The first kappa shape index (κ1) is 14.5. The Hall–Kier alpha value is -1.88. The lowest BCUT2D eigenvalue weighted by molar-refractivity contribution is 0.398. The van der Waals surface area contributed by atoms with Gasteiger partial charge in [-0.15, -0.1) is 0 Å². The van der Waals surface area contributed by atoms with E-state index in [0.717, 1.165) is 16.1 Å². The molecule has 20 heavy (non-hydrogen) atoms. The first-order chi connectivity index (χ1) is 9.60. The van der Waals surface area contributed by atoms with Crippen molar-refractivity contribution >= 4 is 16.5 Å². The predicted molar refractivity (Wildman–Crippen MR) is 81.6 cm³/mol. The number of aromatic nitrogens is 1. The zero-order valence-electron chi connectivity index (χ0n) is 11.8. The van der Waals surface area contributed by atoms with Gasteiger partial charge in [0.15, 0.2) is 0 Å². The van der Waals surface area contributed by atoms with Gasteiger partial charge >= 0.3 is 0 Å². The van der Waals surface area contributed by atoms with Gasteiger partial charge < -0.3 is 10.1 Å². The van der Waals surface area contributed by atoms with Crippen molar-refractivity contribution < 1.29 is 8.95 Å². The number of rotatable bonds is 5. The first-order valence-corrected chi connectivity index (χ1v) is 7.86. The lowest BCUT2D eigenvalue weighted by atomic mass is 10.1. The molecular weight excluding hydrogens is 272 g/mol. The van der Waals surface area contributed by atoms with E-state index in [2.05, 4.69) is 17.2 Å². The summed E-state index contributed by atoms with van der Waals surface area (Å²) in [7, 11) is 0.658. The molecule has 1 aromatic heterocycles. The number of ether oxygens (including phenoxy) is 1. The highest BCUT2D eigenvalue weighted by molar-refractivity contribution is 7.84. The van der Waals surface area contributed by atoms with Crippen molar-refractivity contribution in [3.05, 3.63) is 48.2 Å². The van der Waals surface area contributed by atoms with Crippen LogP contribution in [0.2, 0.25) is 0 Å². The summed E-state index contributed by atoms with van der Waals surface area (Å²) in [5.41, 5.74) is 2.07. The van der Waals surface area contributed by atoms with E-state index in [1.54, 1.807) is 19.6 Å². The van der Waals surface area contributed by atoms with Crippen LogP contribution in [0.5, 0.6) is 5.88 Å². The molecule has 0 bridgehead atoms. The first-order valence-electron chi connectivity index (χ1n) is 6.30. The van der Waals surface area contributed by atoms with E-state index < -0.39 is 10.8 Å². The highest BCUT2D eigenvalue weighted by Crippen LogP contribution is 2.20.